The minimum Gasteiger partial charge on any atom is -0.465 e. The first kappa shape index (κ1) is 14.8. The fraction of sp³-hybridized carbons (Fsp3) is 0.188. The SMILES string of the molecule is COC(=O)c1cc(Nc2c(C)cccc2C)c(F)cc1N. The molecule has 0 aliphatic heterocycles. The summed E-state index contributed by atoms with van der Waals surface area (Å²) in [4.78, 5) is 11.6. The van der Waals surface area contributed by atoms with Gasteiger partial charge in [0.25, 0.3) is 0 Å². The number of nitrogens with two attached hydrogens (primary N) is 1. The van der Waals surface area contributed by atoms with Crippen LogP contribution in [-0.4, -0.2) is 13.1 Å². The van der Waals surface area contributed by atoms with Crippen molar-refractivity contribution >= 4 is 23.0 Å². The minimum absolute atomic E-state index is 0.0476. The van der Waals surface area contributed by atoms with Crippen LogP contribution in [0.1, 0.15) is 21.5 Å². The lowest BCUT2D eigenvalue weighted by Gasteiger charge is -2.15. The summed E-state index contributed by atoms with van der Waals surface area (Å²) in [6, 6.07) is 8.25. The summed E-state index contributed by atoms with van der Waals surface area (Å²) in [5.74, 6) is -1.13. The van der Waals surface area contributed by atoms with E-state index < -0.39 is 11.8 Å². The lowest BCUT2D eigenvalue weighted by Crippen LogP contribution is -2.08. The maximum atomic E-state index is 14.1. The zero-order valence-corrected chi connectivity index (χ0v) is 12.2. The monoisotopic (exact) mass is 288 g/mol. The Labute approximate surface area is 122 Å². The van der Waals surface area contributed by atoms with Crippen LogP contribution < -0.4 is 11.1 Å². The van der Waals surface area contributed by atoms with Gasteiger partial charge in [-0.05, 0) is 37.1 Å². The number of rotatable bonds is 3. The molecule has 5 heteroatoms. The molecule has 0 aliphatic rings. The Morgan fingerprint density at radius 1 is 1.24 bits per heavy atom. The molecule has 0 fully saturated rings. The quantitative estimate of drug-likeness (QED) is 0.669. The highest BCUT2D eigenvalue weighted by molar-refractivity contribution is 5.96. The van der Waals surface area contributed by atoms with Crippen LogP contribution in [0.2, 0.25) is 0 Å². The molecule has 2 rings (SSSR count). The zero-order chi connectivity index (χ0) is 15.6. The molecule has 0 aromatic heterocycles. The Balaban J connectivity index is 2.47. The second-order valence-electron chi connectivity index (χ2n) is 4.80. The van der Waals surface area contributed by atoms with E-state index in [1.807, 2.05) is 32.0 Å². The molecule has 110 valence electrons. The average molecular weight is 288 g/mol. The van der Waals surface area contributed by atoms with Gasteiger partial charge in [-0.25, -0.2) is 9.18 Å². The third-order valence-corrected chi connectivity index (χ3v) is 3.29. The first-order chi connectivity index (χ1) is 9.93. The van der Waals surface area contributed by atoms with Crippen molar-refractivity contribution in [3.8, 4) is 0 Å². The number of carbonyl (C=O) groups is 1. The maximum absolute atomic E-state index is 14.1. The Morgan fingerprint density at radius 2 is 1.86 bits per heavy atom. The van der Waals surface area contributed by atoms with Crippen molar-refractivity contribution in [3.05, 3.63) is 52.8 Å². The van der Waals surface area contributed by atoms with Crippen LogP contribution in [-0.2, 0) is 4.74 Å². The molecule has 3 N–H and O–H groups in total. The van der Waals surface area contributed by atoms with Gasteiger partial charge in [-0.15, -0.1) is 0 Å². The molecule has 0 aliphatic carbocycles. The molecule has 0 atom stereocenters. The van der Waals surface area contributed by atoms with Gasteiger partial charge in [-0.1, -0.05) is 18.2 Å². The summed E-state index contributed by atoms with van der Waals surface area (Å²) in [6.07, 6.45) is 0. The summed E-state index contributed by atoms with van der Waals surface area (Å²) in [7, 11) is 1.25. The lowest BCUT2D eigenvalue weighted by atomic mass is 10.1. The van der Waals surface area contributed by atoms with E-state index in [0.717, 1.165) is 22.9 Å². The van der Waals surface area contributed by atoms with E-state index in [1.165, 1.54) is 13.2 Å². The molecule has 0 saturated heterocycles. The lowest BCUT2D eigenvalue weighted by molar-refractivity contribution is 0.0602. The number of para-hydroxylation sites is 1. The molecule has 0 radical (unpaired) electrons. The number of hydrogen-bond acceptors (Lipinski definition) is 4. The Kier molecular flexibility index (Phi) is 4.12. The number of hydrogen-bond donors (Lipinski definition) is 2. The summed E-state index contributed by atoms with van der Waals surface area (Å²) in [6.45, 7) is 3.84. The third kappa shape index (κ3) is 2.97. The predicted octanol–water partition coefficient (Wildman–Crippen LogP) is 3.55. The number of aryl methyl sites for hydroxylation is 2. The molecule has 0 amide bonds. The third-order valence-electron chi connectivity index (χ3n) is 3.29. The smallest absolute Gasteiger partial charge is 0.340 e. The molecule has 0 saturated carbocycles. The van der Waals surface area contributed by atoms with E-state index in [1.54, 1.807) is 0 Å². The summed E-state index contributed by atoms with van der Waals surface area (Å²) < 4.78 is 18.7. The first-order valence-electron chi connectivity index (χ1n) is 6.44. The van der Waals surface area contributed by atoms with Crippen LogP contribution in [0, 0.1) is 19.7 Å². The van der Waals surface area contributed by atoms with Crippen molar-refractivity contribution in [1.29, 1.82) is 0 Å². The number of ether oxygens (including phenoxy) is 1. The van der Waals surface area contributed by atoms with E-state index in [4.69, 9.17) is 5.73 Å². The highest BCUT2D eigenvalue weighted by Gasteiger charge is 2.15. The van der Waals surface area contributed by atoms with Gasteiger partial charge in [0.1, 0.15) is 5.82 Å². The molecular weight excluding hydrogens is 271 g/mol. The molecule has 21 heavy (non-hydrogen) atoms. The van der Waals surface area contributed by atoms with Crippen LogP contribution in [0.5, 0.6) is 0 Å². The zero-order valence-electron chi connectivity index (χ0n) is 12.2. The predicted molar refractivity (Wildman–Crippen MR) is 81.4 cm³/mol. The number of carbonyl (C=O) groups excluding carboxylic acids is 1. The molecule has 0 spiro atoms. The van der Waals surface area contributed by atoms with Gasteiger partial charge in [0, 0.05) is 11.4 Å². The Morgan fingerprint density at radius 3 is 2.43 bits per heavy atom. The number of anilines is 3. The fourth-order valence-electron chi connectivity index (χ4n) is 2.12. The van der Waals surface area contributed by atoms with Gasteiger partial charge in [-0.2, -0.15) is 0 Å². The van der Waals surface area contributed by atoms with Crippen molar-refractivity contribution in [2.75, 3.05) is 18.2 Å². The van der Waals surface area contributed by atoms with Gasteiger partial charge in [0.05, 0.1) is 18.4 Å². The number of benzene rings is 2. The normalized spacial score (nSPS) is 10.3. The number of esters is 1. The average Bonchev–Trinajstić information content (AvgIpc) is 2.44. The van der Waals surface area contributed by atoms with E-state index in [-0.39, 0.29) is 16.9 Å². The second kappa shape index (κ2) is 5.83. The second-order valence-corrected chi connectivity index (χ2v) is 4.80. The van der Waals surface area contributed by atoms with E-state index in [2.05, 4.69) is 10.1 Å². The topological polar surface area (TPSA) is 64.3 Å². The van der Waals surface area contributed by atoms with Gasteiger partial charge in [0.2, 0.25) is 0 Å². The van der Waals surface area contributed by atoms with E-state index in [0.29, 0.717) is 0 Å². The number of nitrogens with one attached hydrogen (secondary N) is 1. The largest absolute Gasteiger partial charge is 0.465 e. The van der Waals surface area contributed by atoms with Crippen molar-refractivity contribution < 1.29 is 13.9 Å². The first-order valence-corrected chi connectivity index (χ1v) is 6.44. The van der Waals surface area contributed by atoms with Gasteiger partial charge in [-0.3, -0.25) is 0 Å². The molecule has 0 heterocycles. The number of nitrogen functional groups attached to an aromatic ring is 1. The van der Waals surface area contributed by atoms with Crippen molar-refractivity contribution in [2.45, 2.75) is 13.8 Å². The van der Waals surface area contributed by atoms with Crippen LogP contribution >= 0.6 is 0 Å². The molecule has 4 nitrogen and oxygen atoms in total. The summed E-state index contributed by atoms with van der Waals surface area (Å²) in [5, 5.41) is 3.02. The van der Waals surface area contributed by atoms with Gasteiger partial charge < -0.3 is 15.8 Å². The fourth-order valence-corrected chi connectivity index (χ4v) is 2.12. The van der Waals surface area contributed by atoms with Crippen LogP contribution in [0.3, 0.4) is 0 Å². The Bertz CT molecular complexity index is 679. The van der Waals surface area contributed by atoms with E-state index >= 15 is 0 Å². The molecule has 0 unspecified atom stereocenters. The van der Waals surface area contributed by atoms with Crippen molar-refractivity contribution in [2.24, 2.45) is 0 Å². The minimum atomic E-state index is -0.600. The van der Waals surface area contributed by atoms with Gasteiger partial charge >= 0.3 is 5.97 Å². The van der Waals surface area contributed by atoms with Gasteiger partial charge in [0.15, 0.2) is 0 Å². The molecular formula is C16H17FN2O2. The highest BCUT2D eigenvalue weighted by Crippen LogP contribution is 2.29. The van der Waals surface area contributed by atoms with Crippen LogP contribution in [0.4, 0.5) is 21.5 Å². The number of methoxy groups -OCH3 is 1. The summed E-state index contributed by atoms with van der Waals surface area (Å²) in [5.41, 5.74) is 8.77. The van der Waals surface area contributed by atoms with Crippen LogP contribution in [0.15, 0.2) is 30.3 Å². The van der Waals surface area contributed by atoms with Crippen molar-refractivity contribution in [3.63, 3.8) is 0 Å². The summed E-state index contributed by atoms with van der Waals surface area (Å²) >= 11 is 0. The Hall–Kier alpha value is -2.56. The molecule has 2 aromatic carbocycles. The highest BCUT2D eigenvalue weighted by atomic mass is 19.1. The number of halogens is 1. The molecule has 0 bridgehead atoms. The van der Waals surface area contributed by atoms with Crippen LogP contribution in [0.25, 0.3) is 0 Å². The maximum Gasteiger partial charge on any atom is 0.340 e. The van der Waals surface area contributed by atoms with Crippen molar-refractivity contribution in [1.82, 2.24) is 0 Å². The van der Waals surface area contributed by atoms with E-state index in [9.17, 15) is 9.18 Å². The standard InChI is InChI=1S/C16H17FN2O2/c1-9-5-4-6-10(2)15(9)19-14-7-11(16(20)21-3)13(18)8-12(14)17/h4-8,19H,18H2,1-3H3. The molecule has 2 aromatic rings.